The lowest BCUT2D eigenvalue weighted by Gasteiger charge is -2.09. The average molecular weight is 294 g/mol. The fraction of sp³-hybridized carbons (Fsp3) is 0.167. The van der Waals surface area contributed by atoms with Gasteiger partial charge >= 0.3 is 0 Å². The maximum atomic E-state index is 12.1. The van der Waals surface area contributed by atoms with Gasteiger partial charge in [-0.25, -0.2) is 13.6 Å². The average Bonchev–Trinajstić information content (AvgIpc) is 2.69. The Labute approximate surface area is 116 Å². The molecule has 0 saturated carbocycles. The molecule has 2 aromatic rings. The second-order valence-corrected chi connectivity index (χ2v) is 5.79. The second kappa shape index (κ2) is 5.06. The fourth-order valence-electron chi connectivity index (χ4n) is 1.73. The predicted octanol–water partition coefficient (Wildman–Crippen LogP) is 0.628. The Hall–Kier alpha value is -2.19. The number of nitrogens with zero attached hydrogens (tertiary/aromatic N) is 2. The Kier molecular flexibility index (Phi) is 3.60. The van der Waals surface area contributed by atoms with Crippen LogP contribution in [0, 0.1) is 6.92 Å². The van der Waals surface area contributed by atoms with E-state index in [9.17, 15) is 13.2 Å². The number of para-hydroxylation sites is 1. The molecule has 3 N–H and O–H groups in total. The molecule has 7 nitrogen and oxygen atoms in total. The van der Waals surface area contributed by atoms with Gasteiger partial charge in [-0.1, -0.05) is 12.1 Å². The van der Waals surface area contributed by atoms with Gasteiger partial charge in [-0.05, 0) is 19.1 Å². The minimum absolute atomic E-state index is 0.130. The third-order valence-electron chi connectivity index (χ3n) is 2.92. The van der Waals surface area contributed by atoms with Crippen LogP contribution in [0.25, 0.3) is 0 Å². The van der Waals surface area contributed by atoms with Crippen molar-refractivity contribution >= 4 is 21.6 Å². The number of carbonyl (C=O) groups excluding carboxylic acids is 1. The summed E-state index contributed by atoms with van der Waals surface area (Å²) in [6.45, 7) is 1.74. The Morgan fingerprint density at radius 3 is 2.55 bits per heavy atom. The summed E-state index contributed by atoms with van der Waals surface area (Å²) >= 11 is 0. The topological polar surface area (TPSA) is 107 Å². The zero-order valence-electron chi connectivity index (χ0n) is 11.0. The van der Waals surface area contributed by atoms with Crippen LogP contribution < -0.4 is 10.5 Å². The van der Waals surface area contributed by atoms with E-state index in [2.05, 4.69) is 10.4 Å². The Balaban J connectivity index is 2.36. The Morgan fingerprint density at radius 2 is 2.00 bits per heavy atom. The maximum Gasteiger partial charge on any atom is 0.259 e. The monoisotopic (exact) mass is 294 g/mol. The fourth-order valence-corrected chi connectivity index (χ4v) is 2.42. The highest BCUT2D eigenvalue weighted by Crippen LogP contribution is 2.20. The van der Waals surface area contributed by atoms with Crippen LogP contribution in [0.5, 0.6) is 0 Å². The van der Waals surface area contributed by atoms with Gasteiger partial charge in [0.1, 0.15) is 4.90 Å². The number of nitrogens with two attached hydrogens (primary N) is 1. The lowest BCUT2D eigenvalue weighted by molar-refractivity contribution is 0.102. The molecule has 1 heterocycles. The zero-order chi connectivity index (χ0) is 14.9. The minimum Gasteiger partial charge on any atom is -0.321 e. The van der Waals surface area contributed by atoms with Crippen molar-refractivity contribution in [3.05, 3.63) is 41.7 Å². The van der Waals surface area contributed by atoms with Gasteiger partial charge in [0.25, 0.3) is 5.91 Å². The molecule has 0 unspecified atom stereocenters. The predicted molar refractivity (Wildman–Crippen MR) is 73.7 cm³/mol. The molecule has 0 saturated heterocycles. The van der Waals surface area contributed by atoms with Gasteiger partial charge in [0.2, 0.25) is 10.0 Å². The summed E-state index contributed by atoms with van der Waals surface area (Å²) in [5.74, 6) is -0.438. The Morgan fingerprint density at radius 1 is 1.35 bits per heavy atom. The van der Waals surface area contributed by atoms with Gasteiger partial charge in [-0.3, -0.25) is 9.48 Å². The van der Waals surface area contributed by atoms with Crippen molar-refractivity contribution in [2.75, 3.05) is 5.32 Å². The van der Waals surface area contributed by atoms with Crippen LogP contribution in [0.3, 0.4) is 0 Å². The molecule has 0 radical (unpaired) electrons. The standard InChI is InChI=1S/C12H14N4O3S/c1-8-9(7-14-16(8)2)12(17)15-10-5-3-4-6-11(10)20(13,18)19/h3-7H,1-2H3,(H,15,17)(H2,13,18,19). The summed E-state index contributed by atoms with van der Waals surface area (Å²) in [5, 5.41) is 11.6. The largest absolute Gasteiger partial charge is 0.321 e. The van der Waals surface area contributed by atoms with Crippen molar-refractivity contribution < 1.29 is 13.2 Å². The van der Waals surface area contributed by atoms with Gasteiger partial charge in [0.05, 0.1) is 17.4 Å². The van der Waals surface area contributed by atoms with Gasteiger partial charge < -0.3 is 5.32 Å². The van der Waals surface area contributed by atoms with E-state index >= 15 is 0 Å². The zero-order valence-corrected chi connectivity index (χ0v) is 11.8. The molecule has 106 valence electrons. The van der Waals surface area contributed by atoms with Crippen LogP contribution in [-0.2, 0) is 17.1 Å². The molecule has 0 fully saturated rings. The van der Waals surface area contributed by atoms with Crippen molar-refractivity contribution in [2.45, 2.75) is 11.8 Å². The first kappa shape index (κ1) is 14.2. The van der Waals surface area contributed by atoms with Crippen LogP contribution in [0.2, 0.25) is 0 Å². The molecular weight excluding hydrogens is 280 g/mol. The molecule has 2 rings (SSSR count). The number of primary sulfonamides is 1. The number of aryl methyl sites for hydroxylation is 1. The number of nitrogens with one attached hydrogen (secondary N) is 1. The SMILES string of the molecule is Cc1c(C(=O)Nc2ccccc2S(N)(=O)=O)cnn1C. The normalized spacial score (nSPS) is 11.3. The van der Waals surface area contributed by atoms with Crippen molar-refractivity contribution in [3.63, 3.8) is 0 Å². The van der Waals surface area contributed by atoms with Crippen LogP contribution in [-0.4, -0.2) is 24.1 Å². The van der Waals surface area contributed by atoms with Gasteiger partial charge in [-0.15, -0.1) is 0 Å². The number of carbonyl (C=O) groups is 1. The molecule has 0 bridgehead atoms. The molecule has 0 aliphatic heterocycles. The molecule has 8 heteroatoms. The molecule has 1 aromatic carbocycles. The minimum atomic E-state index is -3.90. The number of aromatic nitrogens is 2. The molecular formula is C12H14N4O3S. The van der Waals surface area contributed by atoms with E-state index in [-0.39, 0.29) is 10.6 Å². The quantitative estimate of drug-likeness (QED) is 0.865. The van der Waals surface area contributed by atoms with Crippen molar-refractivity contribution in [1.29, 1.82) is 0 Å². The smallest absolute Gasteiger partial charge is 0.259 e. The summed E-state index contributed by atoms with van der Waals surface area (Å²) < 4.78 is 24.5. The molecule has 1 amide bonds. The van der Waals surface area contributed by atoms with E-state index in [4.69, 9.17) is 5.14 Å². The van der Waals surface area contributed by atoms with E-state index in [1.807, 2.05) is 0 Å². The number of anilines is 1. The lowest BCUT2D eigenvalue weighted by Crippen LogP contribution is -2.18. The summed E-state index contributed by atoms with van der Waals surface area (Å²) in [4.78, 5) is 12.0. The highest BCUT2D eigenvalue weighted by Gasteiger charge is 2.18. The van der Waals surface area contributed by atoms with E-state index in [1.54, 1.807) is 24.7 Å². The summed E-state index contributed by atoms with van der Waals surface area (Å²) in [7, 11) is -2.19. The van der Waals surface area contributed by atoms with Crippen molar-refractivity contribution in [2.24, 2.45) is 12.2 Å². The first-order chi connectivity index (χ1) is 9.30. The number of hydrogen-bond acceptors (Lipinski definition) is 4. The first-order valence-corrected chi connectivity index (χ1v) is 7.27. The second-order valence-electron chi connectivity index (χ2n) is 4.26. The summed E-state index contributed by atoms with van der Waals surface area (Å²) in [6.07, 6.45) is 1.42. The molecule has 0 spiro atoms. The summed E-state index contributed by atoms with van der Waals surface area (Å²) in [6, 6.07) is 5.95. The van der Waals surface area contributed by atoms with Crippen LogP contribution in [0.1, 0.15) is 16.1 Å². The van der Waals surface area contributed by atoms with Gasteiger partial charge in [0, 0.05) is 12.7 Å². The number of hydrogen-bond donors (Lipinski definition) is 2. The van der Waals surface area contributed by atoms with Crippen molar-refractivity contribution in [3.8, 4) is 0 Å². The highest BCUT2D eigenvalue weighted by molar-refractivity contribution is 7.89. The third kappa shape index (κ3) is 2.70. The van der Waals surface area contributed by atoms with Crippen LogP contribution >= 0.6 is 0 Å². The highest BCUT2D eigenvalue weighted by atomic mass is 32.2. The summed E-state index contributed by atoms with van der Waals surface area (Å²) in [5.41, 5.74) is 1.19. The van der Waals surface area contributed by atoms with E-state index in [0.717, 1.165) is 0 Å². The van der Waals surface area contributed by atoms with E-state index in [1.165, 1.54) is 24.4 Å². The lowest BCUT2D eigenvalue weighted by atomic mass is 10.2. The van der Waals surface area contributed by atoms with Gasteiger partial charge in [0.15, 0.2) is 0 Å². The van der Waals surface area contributed by atoms with E-state index < -0.39 is 15.9 Å². The number of rotatable bonds is 3. The van der Waals surface area contributed by atoms with Crippen LogP contribution in [0.15, 0.2) is 35.4 Å². The van der Waals surface area contributed by atoms with E-state index in [0.29, 0.717) is 11.3 Å². The molecule has 0 atom stereocenters. The number of benzene rings is 1. The number of amides is 1. The van der Waals surface area contributed by atoms with Crippen LogP contribution in [0.4, 0.5) is 5.69 Å². The third-order valence-corrected chi connectivity index (χ3v) is 3.89. The van der Waals surface area contributed by atoms with Gasteiger partial charge in [-0.2, -0.15) is 5.10 Å². The molecule has 0 aliphatic carbocycles. The molecule has 0 aliphatic rings. The van der Waals surface area contributed by atoms with Crippen molar-refractivity contribution in [1.82, 2.24) is 9.78 Å². The molecule has 20 heavy (non-hydrogen) atoms. The number of sulfonamides is 1. The maximum absolute atomic E-state index is 12.1. The Bertz CT molecular complexity index is 765. The molecule has 1 aromatic heterocycles. The first-order valence-electron chi connectivity index (χ1n) is 5.72.